The van der Waals surface area contributed by atoms with E-state index in [0.717, 1.165) is 17.9 Å². The summed E-state index contributed by atoms with van der Waals surface area (Å²) in [6, 6.07) is 4.20. The van der Waals surface area contributed by atoms with Crippen LogP contribution in [-0.4, -0.2) is 22.8 Å². The molecule has 15 heavy (non-hydrogen) atoms. The van der Waals surface area contributed by atoms with Crippen molar-refractivity contribution in [3.8, 4) is 0 Å². The average molecular weight is 208 g/mol. The van der Waals surface area contributed by atoms with Gasteiger partial charge in [-0.3, -0.25) is 0 Å². The molecule has 1 rings (SSSR count). The molecule has 0 bridgehead atoms. The maximum atomic E-state index is 5.50. The van der Waals surface area contributed by atoms with E-state index < -0.39 is 0 Å². The monoisotopic (exact) mass is 208 g/mol. The molecule has 4 nitrogen and oxygen atoms in total. The van der Waals surface area contributed by atoms with Crippen molar-refractivity contribution in [1.82, 2.24) is 10.2 Å². The molecule has 3 N–H and O–H groups in total. The van der Waals surface area contributed by atoms with Gasteiger partial charge in [0.05, 0.1) is 5.69 Å². The van der Waals surface area contributed by atoms with Crippen LogP contribution in [0.1, 0.15) is 26.5 Å². The minimum Gasteiger partial charge on any atom is -0.365 e. The predicted octanol–water partition coefficient (Wildman–Crippen LogP) is 1.43. The Morgan fingerprint density at radius 2 is 2.00 bits per heavy atom. The van der Waals surface area contributed by atoms with Crippen molar-refractivity contribution in [3.05, 3.63) is 17.8 Å². The number of rotatable bonds is 5. The van der Waals surface area contributed by atoms with Gasteiger partial charge in [-0.2, -0.15) is 5.10 Å². The Morgan fingerprint density at radius 3 is 2.47 bits per heavy atom. The first-order chi connectivity index (χ1) is 7.11. The van der Waals surface area contributed by atoms with Crippen molar-refractivity contribution >= 4 is 5.82 Å². The predicted molar refractivity (Wildman–Crippen MR) is 62.7 cm³/mol. The maximum absolute atomic E-state index is 5.50. The number of nitrogens with zero attached hydrogens (tertiary/aromatic N) is 2. The van der Waals surface area contributed by atoms with Gasteiger partial charge in [0.15, 0.2) is 0 Å². The van der Waals surface area contributed by atoms with Gasteiger partial charge < -0.3 is 11.1 Å². The van der Waals surface area contributed by atoms with Crippen LogP contribution in [0.3, 0.4) is 0 Å². The van der Waals surface area contributed by atoms with Gasteiger partial charge in [0.2, 0.25) is 0 Å². The second-order valence-corrected chi connectivity index (χ2v) is 4.29. The number of nitrogens with two attached hydrogens (primary N) is 1. The van der Waals surface area contributed by atoms with Crippen molar-refractivity contribution in [1.29, 1.82) is 0 Å². The fourth-order valence-corrected chi connectivity index (χ4v) is 1.28. The third kappa shape index (κ3) is 4.25. The average Bonchev–Trinajstić information content (AvgIpc) is 2.20. The highest BCUT2D eigenvalue weighted by Gasteiger charge is 2.02. The van der Waals surface area contributed by atoms with E-state index in [0.29, 0.717) is 12.5 Å². The molecule has 1 atom stereocenters. The second-order valence-electron chi connectivity index (χ2n) is 4.29. The molecule has 1 unspecified atom stereocenters. The first-order valence-corrected chi connectivity index (χ1v) is 5.41. The Morgan fingerprint density at radius 1 is 1.27 bits per heavy atom. The molecule has 84 valence electrons. The van der Waals surface area contributed by atoms with E-state index in [1.807, 2.05) is 19.1 Å². The van der Waals surface area contributed by atoms with Crippen molar-refractivity contribution in [3.63, 3.8) is 0 Å². The van der Waals surface area contributed by atoms with E-state index in [-0.39, 0.29) is 6.04 Å². The summed E-state index contributed by atoms with van der Waals surface area (Å²) in [7, 11) is 0. The number of aromatic nitrogens is 2. The highest BCUT2D eigenvalue weighted by Crippen LogP contribution is 2.07. The largest absolute Gasteiger partial charge is 0.365 e. The zero-order valence-corrected chi connectivity index (χ0v) is 9.70. The van der Waals surface area contributed by atoms with Crippen LogP contribution in [0.4, 0.5) is 5.82 Å². The first kappa shape index (κ1) is 11.9. The molecule has 0 fully saturated rings. The SMILES string of the molecule is CC(C)Cc1ccc(NC(C)CN)nn1. The summed E-state index contributed by atoms with van der Waals surface area (Å²) in [6.07, 6.45) is 0.972. The number of hydrogen-bond donors (Lipinski definition) is 2. The van der Waals surface area contributed by atoms with Gasteiger partial charge in [0.25, 0.3) is 0 Å². The minimum atomic E-state index is 0.232. The molecule has 0 saturated heterocycles. The highest BCUT2D eigenvalue weighted by molar-refractivity contribution is 5.34. The number of hydrogen-bond acceptors (Lipinski definition) is 4. The molecule has 0 aromatic carbocycles. The summed E-state index contributed by atoms with van der Waals surface area (Å²) < 4.78 is 0. The normalized spacial score (nSPS) is 12.9. The van der Waals surface area contributed by atoms with Crippen LogP contribution in [0.25, 0.3) is 0 Å². The van der Waals surface area contributed by atoms with Gasteiger partial charge >= 0.3 is 0 Å². The lowest BCUT2D eigenvalue weighted by Gasteiger charge is -2.11. The summed E-state index contributed by atoms with van der Waals surface area (Å²) in [5.74, 6) is 1.40. The maximum Gasteiger partial charge on any atom is 0.148 e. The molecule has 1 heterocycles. The second kappa shape index (κ2) is 5.66. The summed E-state index contributed by atoms with van der Waals surface area (Å²) in [5, 5.41) is 11.4. The van der Waals surface area contributed by atoms with E-state index in [2.05, 4.69) is 29.4 Å². The minimum absolute atomic E-state index is 0.232. The van der Waals surface area contributed by atoms with Crippen LogP contribution in [-0.2, 0) is 6.42 Å². The van der Waals surface area contributed by atoms with Gasteiger partial charge in [-0.15, -0.1) is 5.10 Å². The van der Waals surface area contributed by atoms with Gasteiger partial charge in [-0.1, -0.05) is 13.8 Å². The molecule has 0 saturated carbocycles. The van der Waals surface area contributed by atoms with Gasteiger partial charge in [0, 0.05) is 12.6 Å². The Bertz CT molecular complexity index is 281. The molecule has 0 spiro atoms. The quantitative estimate of drug-likeness (QED) is 0.768. The molecule has 4 heteroatoms. The molecule has 0 aliphatic rings. The smallest absolute Gasteiger partial charge is 0.148 e. The third-order valence-electron chi connectivity index (χ3n) is 2.08. The van der Waals surface area contributed by atoms with Crippen LogP contribution in [0.2, 0.25) is 0 Å². The summed E-state index contributed by atoms with van der Waals surface area (Å²) in [6.45, 7) is 6.95. The molecule has 0 amide bonds. The van der Waals surface area contributed by atoms with Crippen LogP contribution in [0.5, 0.6) is 0 Å². The summed E-state index contributed by atoms with van der Waals surface area (Å²) >= 11 is 0. The fourth-order valence-electron chi connectivity index (χ4n) is 1.28. The lowest BCUT2D eigenvalue weighted by atomic mass is 10.1. The van der Waals surface area contributed by atoms with Crippen LogP contribution >= 0.6 is 0 Å². The van der Waals surface area contributed by atoms with E-state index in [9.17, 15) is 0 Å². The Kier molecular flexibility index (Phi) is 4.49. The van der Waals surface area contributed by atoms with Crippen LogP contribution < -0.4 is 11.1 Å². The highest BCUT2D eigenvalue weighted by atomic mass is 15.2. The molecule has 1 aromatic rings. The molecular weight excluding hydrogens is 188 g/mol. The zero-order chi connectivity index (χ0) is 11.3. The van der Waals surface area contributed by atoms with Crippen molar-refractivity contribution in [2.75, 3.05) is 11.9 Å². The summed E-state index contributed by atoms with van der Waals surface area (Å²) in [4.78, 5) is 0. The first-order valence-electron chi connectivity index (χ1n) is 5.41. The summed E-state index contributed by atoms with van der Waals surface area (Å²) in [5.41, 5.74) is 6.54. The third-order valence-corrected chi connectivity index (χ3v) is 2.08. The molecular formula is C11H20N4. The lowest BCUT2D eigenvalue weighted by Crippen LogP contribution is -2.25. The molecule has 0 aliphatic heterocycles. The van der Waals surface area contributed by atoms with Crippen molar-refractivity contribution in [2.45, 2.75) is 33.2 Å². The number of nitrogens with one attached hydrogen (secondary N) is 1. The molecule has 0 aliphatic carbocycles. The number of anilines is 1. The van der Waals surface area contributed by atoms with Crippen molar-refractivity contribution in [2.24, 2.45) is 11.7 Å². The van der Waals surface area contributed by atoms with E-state index in [1.54, 1.807) is 0 Å². The standard InChI is InChI=1S/C11H20N4/c1-8(2)6-10-4-5-11(15-14-10)13-9(3)7-12/h4-5,8-9H,6-7,12H2,1-3H3,(H,13,15). The Hall–Kier alpha value is -1.16. The van der Waals surface area contributed by atoms with Gasteiger partial charge in [0.1, 0.15) is 5.82 Å². The lowest BCUT2D eigenvalue weighted by molar-refractivity contribution is 0.628. The van der Waals surface area contributed by atoms with E-state index in [4.69, 9.17) is 5.73 Å². The van der Waals surface area contributed by atoms with Crippen LogP contribution in [0.15, 0.2) is 12.1 Å². The van der Waals surface area contributed by atoms with Crippen LogP contribution in [0, 0.1) is 5.92 Å². The van der Waals surface area contributed by atoms with Crippen molar-refractivity contribution < 1.29 is 0 Å². The van der Waals surface area contributed by atoms with E-state index >= 15 is 0 Å². The Balaban J connectivity index is 2.56. The van der Waals surface area contributed by atoms with E-state index in [1.165, 1.54) is 0 Å². The Labute approximate surface area is 91.3 Å². The van der Waals surface area contributed by atoms with Gasteiger partial charge in [-0.05, 0) is 31.4 Å². The zero-order valence-electron chi connectivity index (χ0n) is 9.70. The topological polar surface area (TPSA) is 63.8 Å². The molecule has 1 aromatic heterocycles. The molecule has 0 radical (unpaired) electrons. The fraction of sp³-hybridized carbons (Fsp3) is 0.636. The van der Waals surface area contributed by atoms with Gasteiger partial charge in [-0.25, -0.2) is 0 Å².